The summed E-state index contributed by atoms with van der Waals surface area (Å²) in [5.41, 5.74) is 20.0. The van der Waals surface area contributed by atoms with Gasteiger partial charge in [0.05, 0.1) is 5.69 Å². The van der Waals surface area contributed by atoms with Crippen LogP contribution in [0.4, 0.5) is 34.1 Å². The molecule has 2 aliphatic rings. The van der Waals surface area contributed by atoms with Crippen molar-refractivity contribution < 1.29 is 4.74 Å². The zero-order valence-corrected chi connectivity index (χ0v) is 38.6. The summed E-state index contributed by atoms with van der Waals surface area (Å²) in [7, 11) is 0. The number of hydrogen-bond acceptors (Lipinski definition) is 3. The Morgan fingerprint density at radius 3 is 1.56 bits per heavy atom. The molecular weight excluding hydrogens is 800 g/mol. The van der Waals surface area contributed by atoms with Crippen molar-refractivity contribution in [3.8, 4) is 44.9 Å². The van der Waals surface area contributed by atoms with Gasteiger partial charge in [-0.25, -0.2) is 0 Å². The van der Waals surface area contributed by atoms with Gasteiger partial charge in [0.1, 0.15) is 11.5 Å². The first-order valence-electron chi connectivity index (χ1n) is 23.2. The van der Waals surface area contributed by atoms with Crippen LogP contribution in [0.25, 0.3) is 33.4 Å². The van der Waals surface area contributed by atoms with Crippen LogP contribution in [0.1, 0.15) is 52.7 Å². The summed E-state index contributed by atoms with van der Waals surface area (Å²) >= 11 is 0. The highest BCUT2D eigenvalue weighted by molar-refractivity contribution is 6.99. The van der Waals surface area contributed by atoms with E-state index in [1.165, 1.54) is 55.4 Å². The molecular formula is C62H53BN2O. The van der Waals surface area contributed by atoms with Gasteiger partial charge < -0.3 is 14.5 Å². The van der Waals surface area contributed by atoms with Crippen molar-refractivity contribution in [3.63, 3.8) is 0 Å². The van der Waals surface area contributed by atoms with Gasteiger partial charge in [0, 0.05) is 40.1 Å². The van der Waals surface area contributed by atoms with Crippen LogP contribution in [0, 0.1) is 0 Å². The van der Waals surface area contributed by atoms with Crippen molar-refractivity contribution in [2.75, 3.05) is 9.80 Å². The van der Waals surface area contributed by atoms with Crippen molar-refractivity contribution in [2.24, 2.45) is 0 Å². The minimum atomic E-state index is -0.0618. The maximum Gasteiger partial charge on any atom is 0.256 e. The molecule has 2 aliphatic heterocycles. The normalized spacial score (nSPS) is 12.8. The van der Waals surface area contributed by atoms with Gasteiger partial charge in [-0.3, -0.25) is 0 Å². The van der Waals surface area contributed by atoms with Crippen molar-refractivity contribution in [1.29, 1.82) is 0 Å². The smallest absolute Gasteiger partial charge is 0.256 e. The lowest BCUT2D eigenvalue weighted by Crippen LogP contribution is -2.59. The second-order valence-electron chi connectivity index (χ2n) is 19.8. The molecule has 0 unspecified atom stereocenters. The van der Waals surface area contributed by atoms with Gasteiger partial charge in [0.15, 0.2) is 0 Å². The molecule has 2 heterocycles. The molecule has 4 heteroatoms. The Morgan fingerprint density at radius 2 is 0.939 bits per heavy atom. The van der Waals surface area contributed by atoms with Crippen LogP contribution in [0.5, 0.6) is 11.5 Å². The third-order valence-electron chi connectivity index (χ3n) is 13.4. The van der Waals surface area contributed by atoms with Gasteiger partial charge in [-0.1, -0.05) is 187 Å². The summed E-state index contributed by atoms with van der Waals surface area (Å²) in [6, 6.07) is 77.4. The summed E-state index contributed by atoms with van der Waals surface area (Å²) < 4.78 is 7.12. The highest BCUT2D eigenvalue weighted by Gasteiger charge is 2.42. The second kappa shape index (κ2) is 16.2. The van der Waals surface area contributed by atoms with E-state index < -0.39 is 0 Å². The van der Waals surface area contributed by atoms with E-state index in [0.717, 1.165) is 51.1 Å². The standard InChI is InChI=1S/C62H53BN2O/c1-61(2,3)51-34-30-46(39-52(51)62(4,5)6)50-38-44(42-20-11-7-12-21-42)32-37-55(50)65-56-28-19-29-58-60(56)63(53-35-31-45(40-57(53)65)43-22-13-8-14-23-43)54-36-33-49(41-59(54)66-58)64(47-24-15-9-16-25-47)48-26-17-10-18-27-48/h7-41H,1-6H3. The molecule has 0 N–H and O–H groups in total. The first kappa shape index (κ1) is 41.2. The molecule has 0 saturated heterocycles. The monoisotopic (exact) mass is 852 g/mol. The third-order valence-corrected chi connectivity index (χ3v) is 13.4. The van der Waals surface area contributed by atoms with E-state index >= 15 is 0 Å². The molecule has 0 radical (unpaired) electrons. The van der Waals surface area contributed by atoms with Crippen molar-refractivity contribution in [2.45, 2.75) is 52.4 Å². The van der Waals surface area contributed by atoms with Crippen LogP contribution < -0.4 is 30.9 Å². The maximum atomic E-state index is 7.12. The Morgan fingerprint density at radius 1 is 0.379 bits per heavy atom. The van der Waals surface area contributed by atoms with E-state index in [1.54, 1.807) is 0 Å². The van der Waals surface area contributed by atoms with Crippen LogP contribution >= 0.6 is 0 Å². The molecule has 0 saturated carbocycles. The van der Waals surface area contributed by atoms with Gasteiger partial charge >= 0.3 is 0 Å². The average Bonchev–Trinajstić information content (AvgIpc) is 3.34. The molecule has 0 atom stereocenters. The third kappa shape index (κ3) is 7.27. The minimum absolute atomic E-state index is 0.00788. The summed E-state index contributed by atoms with van der Waals surface area (Å²) in [6.45, 7) is 13.9. The van der Waals surface area contributed by atoms with Gasteiger partial charge in [0.2, 0.25) is 0 Å². The molecule has 9 aromatic carbocycles. The first-order chi connectivity index (χ1) is 32.0. The Hall–Kier alpha value is -7.56. The SMILES string of the molecule is CC(C)(C)c1ccc(-c2cc(-c3ccccc3)ccc2N2c3cc(-c4ccccc4)ccc3B3c4ccc(N(c5ccccc5)c5ccccc5)cc4Oc4cccc2c43)cc1C(C)(C)C. The predicted octanol–water partition coefficient (Wildman–Crippen LogP) is 15.2. The van der Waals surface area contributed by atoms with Crippen molar-refractivity contribution in [1.82, 2.24) is 0 Å². The summed E-state index contributed by atoms with van der Waals surface area (Å²) in [5, 5.41) is 0. The van der Waals surface area contributed by atoms with Crippen LogP contribution in [0.2, 0.25) is 0 Å². The lowest BCUT2D eigenvalue weighted by Gasteiger charge is -2.41. The molecule has 3 nitrogen and oxygen atoms in total. The quantitative estimate of drug-likeness (QED) is 0.149. The molecule has 0 aliphatic carbocycles. The van der Waals surface area contributed by atoms with Gasteiger partial charge in [0.25, 0.3) is 6.71 Å². The van der Waals surface area contributed by atoms with Gasteiger partial charge in [-0.05, 0) is 127 Å². The molecule has 9 aromatic rings. The molecule has 0 amide bonds. The minimum Gasteiger partial charge on any atom is -0.458 e. The Labute approximate surface area is 390 Å². The molecule has 0 fully saturated rings. The van der Waals surface area contributed by atoms with Crippen molar-refractivity contribution in [3.05, 3.63) is 223 Å². The highest BCUT2D eigenvalue weighted by atomic mass is 16.5. The lowest BCUT2D eigenvalue weighted by atomic mass is 9.34. The van der Waals surface area contributed by atoms with Gasteiger partial charge in [-0.15, -0.1) is 0 Å². The first-order valence-corrected chi connectivity index (χ1v) is 23.2. The number of benzene rings is 9. The van der Waals surface area contributed by atoms with E-state index in [0.29, 0.717) is 0 Å². The number of para-hydroxylation sites is 2. The number of rotatable bonds is 7. The molecule has 0 spiro atoms. The molecule has 320 valence electrons. The summed E-state index contributed by atoms with van der Waals surface area (Å²) in [6.07, 6.45) is 0. The summed E-state index contributed by atoms with van der Waals surface area (Å²) in [4.78, 5) is 4.82. The fraction of sp³-hybridized carbons (Fsp3) is 0.129. The predicted molar refractivity (Wildman–Crippen MR) is 281 cm³/mol. The number of anilines is 6. The Kier molecular flexibility index (Phi) is 10.1. The van der Waals surface area contributed by atoms with Crippen LogP contribution in [0.3, 0.4) is 0 Å². The van der Waals surface area contributed by atoms with Crippen LogP contribution in [-0.4, -0.2) is 6.71 Å². The summed E-state index contributed by atoms with van der Waals surface area (Å²) in [5.74, 6) is 1.75. The zero-order chi connectivity index (χ0) is 45.2. The van der Waals surface area contributed by atoms with E-state index in [2.05, 4.69) is 264 Å². The molecule has 66 heavy (non-hydrogen) atoms. The fourth-order valence-electron chi connectivity index (χ4n) is 10.2. The van der Waals surface area contributed by atoms with Crippen LogP contribution in [-0.2, 0) is 10.8 Å². The van der Waals surface area contributed by atoms with E-state index in [4.69, 9.17) is 4.74 Å². The zero-order valence-electron chi connectivity index (χ0n) is 38.6. The largest absolute Gasteiger partial charge is 0.458 e. The Balaban J connectivity index is 1.14. The molecule has 0 bridgehead atoms. The fourth-order valence-corrected chi connectivity index (χ4v) is 10.2. The van der Waals surface area contributed by atoms with E-state index in [-0.39, 0.29) is 17.5 Å². The molecule has 11 rings (SSSR count). The lowest BCUT2D eigenvalue weighted by molar-refractivity contribution is 0.487. The number of fused-ring (bicyclic) bond motifs is 4. The Bertz CT molecular complexity index is 3200. The maximum absolute atomic E-state index is 7.12. The number of hydrogen-bond donors (Lipinski definition) is 0. The van der Waals surface area contributed by atoms with E-state index in [1.807, 2.05) is 0 Å². The van der Waals surface area contributed by atoms with Gasteiger partial charge in [-0.2, -0.15) is 0 Å². The second-order valence-corrected chi connectivity index (χ2v) is 19.8. The average molecular weight is 853 g/mol. The van der Waals surface area contributed by atoms with Crippen LogP contribution in [0.15, 0.2) is 212 Å². The van der Waals surface area contributed by atoms with Crippen molar-refractivity contribution >= 4 is 57.2 Å². The molecule has 0 aromatic heterocycles. The highest BCUT2D eigenvalue weighted by Crippen LogP contribution is 2.48. The number of nitrogens with zero attached hydrogens (tertiary/aromatic N) is 2. The van der Waals surface area contributed by atoms with E-state index in [9.17, 15) is 0 Å². The topological polar surface area (TPSA) is 15.7 Å². The number of ether oxygens (including phenoxy) is 1.